The fourth-order valence-electron chi connectivity index (χ4n) is 4.01. The van der Waals surface area contributed by atoms with E-state index in [0.29, 0.717) is 6.08 Å². The van der Waals surface area contributed by atoms with Crippen molar-refractivity contribution in [1.29, 1.82) is 5.26 Å². The highest BCUT2D eigenvalue weighted by atomic mass is 19.3. The number of halogens is 7. The van der Waals surface area contributed by atoms with Crippen LogP contribution >= 0.6 is 0 Å². The number of hydrogen-bond donors (Lipinski definition) is 1. The molecule has 0 radical (unpaired) electrons. The Morgan fingerprint density at radius 1 is 1.14 bits per heavy atom. The highest BCUT2D eigenvalue weighted by Crippen LogP contribution is 2.66. The Bertz CT molecular complexity index is 981. The molecule has 4 atom stereocenters. The molecule has 0 heterocycles. The molecule has 1 aromatic carbocycles. The van der Waals surface area contributed by atoms with Crippen molar-refractivity contribution in [3.05, 3.63) is 52.4 Å². The van der Waals surface area contributed by atoms with Crippen LogP contribution in [-0.4, -0.2) is 41.0 Å². The van der Waals surface area contributed by atoms with Crippen molar-refractivity contribution >= 4 is 0 Å². The summed E-state index contributed by atoms with van der Waals surface area (Å²) in [6.07, 6.45) is -7.61. The molecule has 4 rings (SSSR count). The lowest BCUT2D eigenvalue weighted by molar-refractivity contribution is -0.259. The standard InChI is InChI=1S/C18H10F7NO2/c19-8-3-7(6-26)4-9(5-8)28-11-2-1-10-13-12(11)14(20)15(21)16(13,27)18(24,25)17(10,22)23/h1,3-5,11,14-15,27H,2H2/t11?,14-,15-,16+/m1/s1. The van der Waals surface area contributed by atoms with E-state index in [4.69, 9.17) is 10.00 Å². The topological polar surface area (TPSA) is 53.2 Å². The zero-order valence-corrected chi connectivity index (χ0v) is 13.7. The summed E-state index contributed by atoms with van der Waals surface area (Å²) >= 11 is 0. The largest absolute Gasteiger partial charge is 0.485 e. The Morgan fingerprint density at radius 3 is 2.46 bits per heavy atom. The molecule has 1 fully saturated rings. The molecular formula is C18H10F7NO2. The van der Waals surface area contributed by atoms with Gasteiger partial charge in [-0.2, -0.15) is 22.8 Å². The van der Waals surface area contributed by atoms with E-state index in [-0.39, 0.29) is 11.3 Å². The van der Waals surface area contributed by atoms with Crippen LogP contribution in [0.4, 0.5) is 30.7 Å². The summed E-state index contributed by atoms with van der Waals surface area (Å²) in [5.41, 5.74) is -7.63. The molecule has 3 aliphatic rings. The molecule has 3 nitrogen and oxygen atoms in total. The van der Waals surface area contributed by atoms with Crippen molar-refractivity contribution in [2.45, 2.75) is 42.3 Å². The van der Waals surface area contributed by atoms with E-state index in [1.807, 2.05) is 0 Å². The molecule has 0 aromatic heterocycles. The van der Waals surface area contributed by atoms with Gasteiger partial charge in [0.1, 0.15) is 17.7 Å². The van der Waals surface area contributed by atoms with Gasteiger partial charge in [0.15, 0.2) is 17.9 Å². The summed E-state index contributed by atoms with van der Waals surface area (Å²) in [6.45, 7) is 0. The average molecular weight is 405 g/mol. The molecule has 0 aliphatic heterocycles. The van der Waals surface area contributed by atoms with E-state index in [2.05, 4.69) is 0 Å². The minimum atomic E-state index is -5.27. The zero-order valence-electron chi connectivity index (χ0n) is 13.7. The number of hydrogen-bond acceptors (Lipinski definition) is 3. The van der Waals surface area contributed by atoms with Gasteiger partial charge in [-0.1, -0.05) is 6.08 Å². The Kier molecular flexibility index (Phi) is 3.70. The maximum atomic E-state index is 14.5. The van der Waals surface area contributed by atoms with Crippen molar-refractivity contribution in [3.63, 3.8) is 0 Å². The molecular weight excluding hydrogens is 395 g/mol. The van der Waals surface area contributed by atoms with Crippen LogP contribution in [0.15, 0.2) is 41.0 Å². The van der Waals surface area contributed by atoms with Crippen LogP contribution in [0.25, 0.3) is 0 Å². The maximum absolute atomic E-state index is 14.5. The minimum absolute atomic E-state index is 0.165. The van der Waals surface area contributed by atoms with Crippen molar-refractivity contribution < 1.29 is 40.6 Å². The van der Waals surface area contributed by atoms with Gasteiger partial charge in [0, 0.05) is 29.2 Å². The number of nitrogens with zero attached hydrogens (tertiary/aromatic N) is 1. The molecule has 0 amide bonds. The van der Waals surface area contributed by atoms with Gasteiger partial charge in [-0.25, -0.2) is 13.2 Å². The van der Waals surface area contributed by atoms with Crippen molar-refractivity contribution in [2.24, 2.45) is 0 Å². The minimum Gasteiger partial charge on any atom is -0.485 e. The fourth-order valence-corrected chi connectivity index (χ4v) is 4.01. The molecule has 0 bridgehead atoms. The molecule has 1 N–H and O–H groups in total. The molecule has 1 unspecified atom stereocenters. The quantitative estimate of drug-likeness (QED) is 0.763. The van der Waals surface area contributed by atoms with E-state index in [1.54, 1.807) is 6.07 Å². The smallest absolute Gasteiger partial charge is 0.349 e. The molecule has 148 valence electrons. The lowest BCUT2D eigenvalue weighted by Gasteiger charge is -2.32. The Hall–Kier alpha value is -2.54. The summed E-state index contributed by atoms with van der Waals surface area (Å²) in [5.74, 6) is -11.4. The SMILES string of the molecule is N#Cc1cc(F)cc(OC2CC=C3C4=C2[C@@H](F)[C@@H](F)[C@]4(O)C(F)(F)C3(F)F)c1. The summed E-state index contributed by atoms with van der Waals surface area (Å²) in [6, 6.07) is 4.39. The van der Waals surface area contributed by atoms with Crippen LogP contribution in [0.1, 0.15) is 12.0 Å². The molecule has 10 heteroatoms. The number of alkyl halides is 6. The van der Waals surface area contributed by atoms with Gasteiger partial charge < -0.3 is 9.84 Å². The molecule has 0 saturated heterocycles. The summed E-state index contributed by atoms with van der Waals surface area (Å²) in [5, 5.41) is 19.0. The van der Waals surface area contributed by atoms with Crippen LogP contribution in [0, 0.1) is 17.1 Å². The number of nitriles is 1. The Morgan fingerprint density at radius 2 is 1.82 bits per heavy atom. The lowest BCUT2D eigenvalue weighted by Crippen LogP contribution is -2.58. The van der Waals surface area contributed by atoms with Crippen LogP contribution in [0.3, 0.4) is 0 Å². The van der Waals surface area contributed by atoms with Gasteiger partial charge in [0.2, 0.25) is 0 Å². The van der Waals surface area contributed by atoms with E-state index < -0.39 is 64.9 Å². The van der Waals surface area contributed by atoms with Gasteiger partial charge in [0.05, 0.1) is 11.6 Å². The molecule has 28 heavy (non-hydrogen) atoms. The second kappa shape index (κ2) is 5.50. The fraction of sp³-hybridized carbons (Fsp3) is 0.389. The van der Waals surface area contributed by atoms with Crippen molar-refractivity contribution in [2.75, 3.05) is 0 Å². The van der Waals surface area contributed by atoms with Crippen LogP contribution in [0.2, 0.25) is 0 Å². The van der Waals surface area contributed by atoms with E-state index in [1.165, 1.54) is 0 Å². The molecule has 3 aliphatic carbocycles. The third-order valence-electron chi connectivity index (χ3n) is 5.27. The number of rotatable bonds is 2. The molecule has 0 spiro atoms. The van der Waals surface area contributed by atoms with E-state index in [9.17, 15) is 35.8 Å². The van der Waals surface area contributed by atoms with Gasteiger partial charge in [-0.05, 0) is 12.1 Å². The van der Waals surface area contributed by atoms with Crippen molar-refractivity contribution in [3.8, 4) is 11.8 Å². The van der Waals surface area contributed by atoms with E-state index >= 15 is 0 Å². The highest BCUT2D eigenvalue weighted by molar-refractivity contribution is 5.64. The third kappa shape index (κ3) is 2.02. The molecule has 1 aromatic rings. The van der Waals surface area contributed by atoms with Gasteiger partial charge in [-0.15, -0.1) is 0 Å². The molecule has 1 saturated carbocycles. The average Bonchev–Trinajstić information content (AvgIpc) is 2.90. The second-order valence-corrected chi connectivity index (χ2v) is 6.80. The third-order valence-corrected chi connectivity index (χ3v) is 5.27. The van der Waals surface area contributed by atoms with Gasteiger partial charge >= 0.3 is 11.8 Å². The number of aliphatic hydroxyl groups is 1. The predicted octanol–water partition coefficient (Wildman–Crippen LogP) is 3.78. The highest BCUT2D eigenvalue weighted by Gasteiger charge is 2.84. The van der Waals surface area contributed by atoms with Crippen LogP contribution in [-0.2, 0) is 0 Å². The summed E-state index contributed by atoms with van der Waals surface area (Å²) in [7, 11) is 0. The first-order valence-corrected chi connectivity index (χ1v) is 8.05. The van der Waals surface area contributed by atoms with Crippen LogP contribution in [0.5, 0.6) is 5.75 Å². The monoisotopic (exact) mass is 405 g/mol. The predicted molar refractivity (Wildman–Crippen MR) is 79.9 cm³/mol. The van der Waals surface area contributed by atoms with E-state index in [0.717, 1.165) is 18.2 Å². The Balaban J connectivity index is 1.83. The number of benzene rings is 1. The van der Waals surface area contributed by atoms with Gasteiger partial charge in [-0.3, -0.25) is 0 Å². The first kappa shape index (κ1) is 18.8. The number of ether oxygens (including phenoxy) is 1. The first-order valence-electron chi connectivity index (χ1n) is 8.05. The van der Waals surface area contributed by atoms with Crippen LogP contribution < -0.4 is 4.74 Å². The zero-order chi connectivity index (χ0) is 20.6. The van der Waals surface area contributed by atoms with Crippen molar-refractivity contribution in [1.82, 2.24) is 0 Å². The normalized spacial score (nSPS) is 34.7. The maximum Gasteiger partial charge on any atom is 0.349 e. The first-order chi connectivity index (χ1) is 13.0. The summed E-state index contributed by atoms with van der Waals surface area (Å²) < 4.78 is 104. The Labute approximate surface area is 153 Å². The second-order valence-electron chi connectivity index (χ2n) is 6.80. The summed E-state index contributed by atoms with van der Waals surface area (Å²) in [4.78, 5) is 0. The lowest BCUT2D eigenvalue weighted by atomic mass is 9.89. The van der Waals surface area contributed by atoms with Gasteiger partial charge in [0.25, 0.3) is 0 Å².